The molecule has 0 aromatic carbocycles. The third-order valence-electron chi connectivity index (χ3n) is 2.69. The van der Waals surface area contributed by atoms with Crippen LogP contribution in [0, 0.1) is 5.92 Å². The molecule has 0 saturated heterocycles. The number of carbonyl (C=O) groups is 2. The lowest BCUT2D eigenvalue weighted by atomic mass is 10.0. The van der Waals surface area contributed by atoms with E-state index in [9.17, 15) is 22.8 Å². The number of carboxylic acids is 1. The van der Waals surface area contributed by atoms with Gasteiger partial charge in [0, 0.05) is 12.3 Å². The molecule has 1 atom stereocenters. The van der Waals surface area contributed by atoms with E-state index in [-0.39, 0.29) is 23.8 Å². The number of carboxylic acid groups (broad SMARTS) is 1. The van der Waals surface area contributed by atoms with Crippen molar-refractivity contribution in [3.05, 3.63) is 23.9 Å². The van der Waals surface area contributed by atoms with Crippen LogP contribution in [0.3, 0.4) is 0 Å². The number of halogens is 3. The molecule has 0 unspecified atom stereocenters. The highest BCUT2D eigenvalue weighted by Gasteiger charge is 2.28. The molecular formula is C14H17F3N2O4. The van der Waals surface area contributed by atoms with Crippen LogP contribution in [0.5, 0.6) is 5.88 Å². The topological polar surface area (TPSA) is 88.5 Å². The molecule has 2 N–H and O–H groups in total. The number of nitrogens with one attached hydrogen (secondary N) is 1. The number of amides is 1. The summed E-state index contributed by atoms with van der Waals surface area (Å²) in [5, 5.41) is 11.4. The molecule has 1 heterocycles. The Morgan fingerprint density at radius 2 is 2.00 bits per heavy atom. The summed E-state index contributed by atoms with van der Waals surface area (Å²) in [5.41, 5.74) is 0.0272. The Labute approximate surface area is 130 Å². The summed E-state index contributed by atoms with van der Waals surface area (Å²) in [6, 6.07) is 1.27. The summed E-state index contributed by atoms with van der Waals surface area (Å²) in [6.45, 7) is 2.15. The standard InChI is InChI=1S/C14H17F3N2O4/c1-8(2)5-10(13(21)22)19-12(20)9-3-4-11(18-6-9)23-7-14(15,16)17/h3-4,6,8,10H,5,7H2,1-2H3,(H,19,20)(H,21,22)/t10-/m0/s1. The molecule has 1 amide bonds. The van der Waals surface area contributed by atoms with Crippen molar-refractivity contribution in [3.8, 4) is 5.88 Å². The van der Waals surface area contributed by atoms with Crippen molar-refractivity contribution in [3.63, 3.8) is 0 Å². The van der Waals surface area contributed by atoms with Crippen LogP contribution in [-0.4, -0.2) is 40.8 Å². The Bertz CT molecular complexity index is 544. The number of hydrogen-bond donors (Lipinski definition) is 2. The van der Waals surface area contributed by atoms with Crippen LogP contribution in [0.4, 0.5) is 13.2 Å². The maximum absolute atomic E-state index is 12.0. The molecule has 0 bridgehead atoms. The zero-order valence-corrected chi connectivity index (χ0v) is 12.6. The summed E-state index contributed by atoms with van der Waals surface area (Å²) in [5.74, 6) is -2.05. The van der Waals surface area contributed by atoms with Crippen molar-refractivity contribution in [1.29, 1.82) is 0 Å². The Morgan fingerprint density at radius 3 is 2.43 bits per heavy atom. The molecule has 0 saturated carbocycles. The summed E-state index contributed by atoms with van der Waals surface area (Å²) >= 11 is 0. The summed E-state index contributed by atoms with van der Waals surface area (Å²) in [7, 11) is 0. The van der Waals surface area contributed by atoms with Crippen molar-refractivity contribution in [2.24, 2.45) is 5.92 Å². The normalized spacial score (nSPS) is 12.8. The SMILES string of the molecule is CC(C)C[C@H](NC(=O)c1ccc(OCC(F)(F)F)nc1)C(=O)O. The van der Waals surface area contributed by atoms with E-state index in [4.69, 9.17) is 5.11 Å². The minimum absolute atomic E-state index is 0.0272. The highest BCUT2D eigenvalue weighted by Crippen LogP contribution is 2.17. The monoisotopic (exact) mass is 334 g/mol. The van der Waals surface area contributed by atoms with Gasteiger partial charge in [-0.15, -0.1) is 0 Å². The summed E-state index contributed by atoms with van der Waals surface area (Å²) in [6.07, 6.45) is -3.21. The molecule has 0 radical (unpaired) electrons. The Balaban J connectivity index is 2.67. The number of aromatic nitrogens is 1. The predicted molar refractivity (Wildman–Crippen MR) is 74.1 cm³/mol. The van der Waals surface area contributed by atoms with Crippen LogP contribution < -0.4 is 10.1 Å². The van der Waals surface area contributed by atoms with Gasteiger partial charge in [0.1, 0.15) is 6.04 Å². The highest BCUT2D eigenvalue weighted by atomic mass is 19.4. The van der Waals surface area contributed by atoms with E-state index in [1.54, 1.807) is 0 Å². The van der Waals surface area contributed by atoms with Gasteiger partial charge >= 0.3 is 12.1 Å². The molecule has 128 valence electrons. The fraction of sp³-hybridized carbons (Fsp3) is 0.500. The highest BCUT2D eigenvalue weighted by molar-refractivity contribution is 5.96. The number of hydrogen-bond acceptors (Lipinski definition) is 4. The van der Waals surface area contributed by atoms with E-state index < -0.39 is 30.7 Å². The first kappa shape index (κ1) is 18.7. The Kier molecular flexibility index (Phi) is 6.35. The van der Waals surface area contributed by atoms with Gasteiger partial charge in [-0.3, -0.25) is 4.79 Å². The average Bonchev–Trinajstić information content (AvgIpc) is 2.43. The van der Waals surface area contributed by atoms with Gasteiger partial charge in [-0.1, -0.05) is 13.8 Å². The molecule has 0 aliphatic heterocycles. The number of carbonyl (C=O) groups excluding carboxylic acids is 1. The van der Waals surface area contributed by atoms with Gasteiger partial charge in [-0.2, -0.15) is 13.2 Å². The zero-order chi connectivity index (χ0) is 17.6. The van der Waals surface area contributed by atoms with Gasteiger partial charge in [0.25, 0.3) is 5.91 Å². The molecule has 0 spiro atoms. The molecule has 1 aromatic rings. The van der Waals surface area contributed by atoms with Crippen molar-refractivity contribution in [2.75, 3.05) is 6.61 Å². The van der Waals surface area contributed by atoms with Gasteiger partial charge in [0.05, 0.1) is 5.56 Å². The van der Waals surface area contributed by atoms with E-state index in [0.29, 0.717) is 0 Å². The maximum Gasteiger partial charge on any atom is 0.422 e. The minimum Gasteiger partial charge on any atom is -0.480 e. The van der Waals surface area contributed by atoms with Crippen LogP contribution in [0.1, 0.15) is 30.6 Å². The number of pyridine rings is 1. The number of ether oxygens (including phenoxy) is 1. The van der Waals surface area contributed by atoms with Crippen molar-refractivity contribution >= 4 is 11.9 Å². The van der Waals surface area contributed by atoms with Gasteiger partial charge in [-0.25, -0.2) is 9.78 Å². The first-order valence-corrected chi connectivity index (χ1v) is 6.77. The van der Waals surface area contributed by atoms with E-state index in [2.05, 4.69) is 15.0 Å². The van der Waals surface area contributed by atoms with E-state index in [1.165, 1.54) is 6.07 Å². The van der Waals surface area contributed by atoms with Gasteiger partial charge in [0.2, 0.25) is 5.88 Å². The first-order chi connectivity index (χ1) is 10.6. The molecule has 0 aliphatic carbocycles. The zero-order valence-electron chi connectivity index (χ0n) is 12.6. The molecule has 23 heavy (non-hydrogen) atoms. The molecule has 6 nitrogen and oxygen atoms in total. The van der Waals surface area contributed by atoms with E-state index in [0.717, 1.165) is 12.3 Å². The lowest BCUT2D eigenvalue weighted by Gasteiger charge is -2.16. The van der Waals surface area contributed by atoms with Gasteiger partial charge in [0.15, 0.2) is 6.61 Å². The molecule has 1 rings (SSSR count). The number of nitrogens with zero attached hydrogens (tertiary/aromatic N) is 1. The summed E-state index contributed by atoms with van der Waals surface area (Å²) < 4.78 is 40.4. The smallest absolute Gasteiger partial charge is 0.422 e. The molecule has 0 fully saturated rings. The van der Waals surface area contributed by atoms with Crippen molar-refractivity contribution in [2.45, 2.75) is 32.5 Å². The lowest BCUT2D eigenvalue weighted by Crippen LogP contribution is -2.41. The van der Waals surface area contributed by atoms with Crippen molar-refractivity contribution in [1.82, 2.24) is 10.3 Å². The maximum atomic E-state index is 12.0. The van der Waals surface area contributed by atoms with E-state index in [1.807, 2.05) is 13.8 Å². The molecular weight excluding hydrogens is 317 g/mol. The van der Waals surface area contributed by atoms with Crippen LogP contribution in [0.2, 0.25) is 0 Å². The minimum atomic E-state index is -4.48. The second-order valence-electron chi connectivity index (χ2n) is 5.28. The number of aliphatic carboxylic acids is 1. The lowest BCUT2D eigenvalue weighted by molar-refractivity contribution is -0.154. The van der Waals surface area contributed by atoms with Gasteiger partial charge in [-0.05, 0) is 18.4 Å². The summed E-state index contributed by atoms with van der Waals surface area (Å²) in [4.78, 5) is 26.6. The van der Waals surface area contributed by atoms with Gasteiger partial charge < -0.3 is 15.2 Å². The average molecular weight is 334 g/mol. The fourth-order valence-electron chi connectivity index (χ4n) is 1.69. The van der Waals surface area contributed by atoms with Crippen LogP contribution in [-0.2, 0) is 4.79 Å². The molecule has 0 aliphatic rings. The third kappa shape index (κ3) is 6.98. The Hall–Kier alpha value is -2.32. The first-order valence-electron chi connectivity index (χ1n) is 6.77. The second kappa shape index (κ2) is 7.80. The van der Waals surface area contributed by atoms with Crippen molar-refractivity contribution < 1.29 is 32.6 Å². The third-order valence-corrected chi connectivity index (χ3v) is 2.69. The quantitative estimate of drug-likeness (QED) is 0.798. The molecule has 1 aromatic heterocycles. The Morgan fingerprint density at radius 1 is 1.35 bits per heavy atom. The fourth-order valence-corrected chi connectivity index (χ4v) is 1.69. The molecule has 9 heteroatoms. The largest absolute Gasteiger partial charge is 0.480 e. The van der Waals surface area contributed by atoms with Crippen LogP contribution >= 0.6 is 0 Å². The van der Waals surface area contributed by atoms with Crippen LogP contribution in [0.25, 0.3) is 0 Å². The van der Waals surface area contributed by atoms with E-state index >= 15 is 0 Å². The predicted octanol–water partition coefficient (Wildman–Crippen LogP) is 2.25. The van der Waals surface area contributed by atoms with Crippen LogP contribution in [0.15, 0.2) is 18.3 Å². The number of rotatable bonds is 7. The second-order valence-corrected chi connectivity index (χ2v) is 5.28. The number of alkyl halides is 3.